The molecule has 0 atom stereocenters. The SMILES string of the molecule is Cn1cc(N2C=CC=CC2)cn1. The molecule has 12 heavy (non-hydrogen) atoms. The highest BCUT2D eigenvalue weighted by Crippen LogP contribution is 2.14. The summed E-state index contributed by atoms with van der Waals surface area (Å²) in [5.74, 6) is 0. The van der Waals surface area contributed by atoms with Crippen LogP contribution in [-0.4, -0.2) is 16.3 Å². The molecule has 1 aromatic rings. The summed E-state index contributed by atoms with van der Waals surface area (Å²) in [7, 11) is 1.92. The maximum Gasteiger partial charge on any atom is 0.0795 e. The van der Waals surface area contributed by atoms with Gasteiger partial charge in [0.25, 0.3) is 0 Å². The molecule has 2 heterocycles. The molecule has 0 saturated carbocycles. The van der Waals surface area contributed by atoms with Gasteiger partial charge >= 0.3 is 0 Å². The summed E-state index contributed by atoms with van der Waals surface area (Å²) < 4.78 is 1.81. The summed E-state index contributed by atoms with van der Waals surface area (Å²) in [6.45, 7) is 0.933. The van der Waals surface area contributed by atoms with Crippen molar-refractivity contribution in [1.29, 1.82) is 0 Å². The first-order valence-corrected chi connectivity index (χ1v) is 3.95. The zero-order chi connectivity index (χ0) is 8.39. The van der Waals surface area contributed by atoms with Crippen LogP contribution in [-0.2, 0) is 7.05 Å². The van der Waals surface area contributed by atoms with Crippen molar-refractivity contribution in [2.75, 3.05) is 11.4 Å². The van der Waals surface area contributed by atoms with E-state index >= 15 is 0 Å². The molecule has 1 aromatic heterocycles. The lowest BCUT2D eigenvalue weighted by Crippen LogP contribution is -2.16. The van der Waals surface area contributed by atoms with Crippen LogP contribution in [0.2, 0.25) is 0 Å². The maximum atomic E-state index is 4.11. The van der Waals surface area contributed by atoms with Crippen LogP contribution in [0, 0.1) is 0 Å². The molecular formula is C9H11N3. The Morgan fingerprint density at radius 2 is 2.33 bits per heavy atom. The summed E-state index contributed by atoms with van der Waals surface area (Å²) >= 11 is 0. The van der Waals surface area contributed by atoms with Gasteiger partial charge in [-0.25, -0.2) is 0 Å². The fraction of sp³-hybridized carbons (Fsp3) is 0.222. The van der Waals surface area contributed by atoms with E-state index in [0.29, 0.717) is 0 Å². The van der Waals surface area contributed by atoms with Crippen molar-refractivity contribution in [3.63, 3.8) is 0 Å². The van der Waals surface area contributed by atoms with Gasteiger partial charge in [-0.1, -0.05) is 12.2 Å². The van der Waals surface area contributed by atoms with E-state index in [0.717, 1.165) is 12.2 Å². The molecule has 1 aliphatic heterocycles. The molecule has 3 nitrogen and oxygen atoms in total. The quantitative estimate of drug-likeness (QED) is 0.619. The molecule has 2 rings (SSSR count). The monoisotopic (exact) mass is 161 g/mol. The molecule has 0 unspecified atom stereocenters. The zero-order valence-corrected chi connectivity index (χ0v) is 7.01. The Balaban J connectivity index is 2.20. The molecule has 0 aromatic carbocycles. The predicted octanol–water partition coefficient (Wildman–Crippen LogP) is 1.31. The second-order valence-electron chi connectivity index (χ2n) is 2.79. The van der Waals surface area contributed by atoms with E-state index in [4.69, 9.17) is 0 Å². The average Bonchev–Trinajstić information content (AvgIpc) is 2.54. The van der Waals surface area contributed by atoms with E-state index in [1.165, 1.54) is 0 Å². The number of hydrogen-bond acceptors (Lipinski definition) is 2. The number of aryl methyl sites for hydroxylation is 1. The van der Waals surface area contributed by atoms with Gasteiger partial charge in [0.15, 0.2) is 0 Å². The van der Waals surface area contributed by atoms with Gasteiger partial charge in [-0.3, -0.25) is 4.68 Å². The number of aromatic nitrogens is 2. The molecule has 0 bridgehead atoms. The van der Waals surface area contributed by atoms with Crippen LogP contribution in [0.4, 0.5) is 5.69 Å². The van der Waals surface area contributed by atoms with Crippen molar-refractivity contribution in [3.05, 3.63) is 36.8 Å². The second-order valence-corrected chi connectivity index (χ2v) is 2.79. The third kappa shape index (κ3) is 1.25. The average molecular weight is 161 g/mol. The van der Waals surface area contributed by atoms with Crippen molar-refractivity contribution in [2.24, 2.45) is 7.05 Å². The summed E-state index contributed by atoms with van der Waals surface area (Å²) in [6.07, 6.45) is 12.1. The van der Waals surface area contributed by atoms with Gasteiger partial charge in [0.05, 0.1) is 11.9 Å². The van der Waals surface area contributed by atoms with E-state index < -0.39 is 0 Å². The summed E-state index contributed by atoms with van der Waals surface area (Å²) in [6, 6.07) is 0. The van der Waals surface area contributed by atoms with Crippen LogP contribution in [0.1, 0.15) is 0 Å². The van der Waals surface area contributed by atoms with Crippen LogP contribution in [0.15, 0.2) is 36.8 Å². The minimum absolute atomic E-state index is 0.933. The number of rotatable bonds is 1. The van der Waals surface area contributed by atoms with Crippen LogP contribution in [0.25, 0.3) is 0 Å². The normalized spacial score (nSPS) is 15.6. The maximum absolute atomic E-state index is 4.11. The van der Waals surface area contributed by atoms with Crippen molar-refractivity contribution in [1.82, 2.24) is 9.78 Å². The molecule has 62 valence electrons. The van der Waals surface area contributed by atoms with Gasteiger partial charge < -0.3 is 4.90 Å². The molecule has 0 radical (unpaired) electrons. The Bertz CT molecular complexity index is 322. The summed E-state index contributed by atoms with van der Waals surface area (Å²) in [5.41, 5.74) is 1.14. The smallest absolute Gasteiger partial charge is 0.0795 e. The van der Waals surface area contributed by atoms with Crippen molar-refractivity contribution >= 4 is 5.69 Å². The molecule has 0 fully saturated rings. The lowest BCUT2D eigenvalue weighted by atomic mass is 10.3. The standard InChI is InChI=1S/C9H11N3/c1-11-8-9(7-10-11)12-5-3-2-4-6-12/h2-5,7-8H,6H2,1H3. The fourth-order valence-electron chi connectivity index (χ4n) is 1.22. The molecule has 0 amide bonds. The highest BCUT2D eigenvalue weighted by Gasteiger charge is 2.03. The third-order valence-electron chi connectivity index (χ3n) is 1.84. The first kappa shape index (κ1) is 7.16. The highest BCUT2D eigenvalue weighted by molar-refractivity contribution is 5.48. The van der Waals surface area contributed by atoms with Gasteiger partial charge in [0.1, 0.15) is 0 Å². The lowest BCUT2D eigenvalue weighted by Gasteiger charge is -2.17. The molecular weight excluding hydrogens is 150 g/mol. The fourth-order valence-corrected chi connectivity index (χ4v) is 1.22. The Morgan fingerprint density at radius 1 is 1.42 bits per heavy atom. The van der Waals surface area contributed by atoms with Gasteiger partial charge in [-0.15, -0.1) is 0 Å². The van der Waals surface area contributed by atoms with E-state index in [2.05, 4.69) is 22.3 Å². The Kier molecular flexibility index (Phi) is 1.70. The van der Waals surface area contributed by atoms with E-state index in [1.807, 2.05) is 36.3 Å². The number of hydrogen-bond donors (Lipinski definition) is 0. The number of anilines is 1. The Morgan fingerprint density at radius 3 is 2.92 bits per heavy atom. The Hall–Kier alpha value is -1.51. The van der Waals surface area contributed by atoms with Crippen molar-refractivity contribution < 1.29 is 0 Å². The molecule has 3 heteroatoms. The van der Waals surface area contributed by atoms with Crippen molar-refractivity contribution in [2.45, 2.75) is 0 Å². The minimum atomic E-state index is 0.933. The van der Waals surface area contributed by atoms with Crippen molar-refractivity contribution in [3.8, 4) is 0 Å². The van der Waals surface area contributed by atoms with Gasteiger partial charge in [-0.05, 0) is 6.08 Å². The summed E-state index contributed by atoms with van der Waals surface area (Å²) in [5, 5.41) is 4.11. The molecule has 0 saturated heterocycles. The van der Waals surface area contributed by atoms with E-state index in [-0.39, 0.29) is 0 Å². The number of nitrogens with zero attached hydrogens (tertiary/aromatic N) is 3. The minimum Gasteiger partial charge on any atom is -0.342 e. The summed E-state index contributed by atoms with van der Waals surface area (Å²) in [4.78, 5) is 2.15. The topological polar surface area (TPSA) is 21.1 Å². The highest BCUT2D eigenvalue weighted by atomic mass is 15.3. The first-order valence-electron chi connectivity index (χ1n) is 3.95. The predicted molar refractivity (Wildman–Crippen MR) is 48.8 cm³/mol. The van der Waals surface area contributed by atoms with Crippen LogP contribution < -0.4 is 4.90 Å². The second kappa shape index (κ2) is 2.85. The van der Waals surface area contributed by atoms with Crippen LogP contribution in [0.3, 0.4) is 0 Å². The molecule has 0 aliphatic carbocycles. The zero-order valence-electron chi connectivity index (χ0n) is 7.01. The largest absolute Gasteiger partial charge is 0.342 e. The number of allylic oxidation sites excluding steroid dienone is 2. The van der Waals surface area contributed by atoms with Gasteiger partial charge in [0.2, 0.25) is 0 Å². The van der Waals surface area contributed by atoms with E-state index in [9.17, 15) is 0 Å². The third-order valence-corrected chi connectivity index (χ3v) is 1.84. The molecule has 1 aliphatic rings. The van der Waals surface area contributed by atoms with Crippen LogP contribution >= 0.6 is 0 Å². The van der Waals surface area contributed by atoms with Crippen LogP contribution in [0.5, 0.6) is 0 Å². The van der Waals surface area contributed by atoms with Gasteiger partial charge in [-0.2, -0.15) is 5.10 Å². The lowest BCUT2D eigenvalue weighted by molar-refractivity contribution is 0.767. The van der Waals surface area contributed by atoms with E-state index in [1.54, 1.807) is 0 Å². The molecule has 0 N–H and O–H groups in total. The van der Waals surface area contributed by atoms with Gasteiger partial charge in [0, 0.05) is 26.0 Å². The molecule has 0 spiro atoms. The Labute approximate surface area is 71.6 Å². The first-order chi connectivity index (χ1) is 5.86.